The Balaban J connectivity index is 2.70. The summed E-state index contributed by atoms with van der Waals surface area (Å²) in [7, 11) is 0. The summed E-state index contributed by atoms with van der Waals surface area (Å²) in [6.07, 6.45) is 0. The van der Waals surface area contributed by atoms with Gasteiger partial charge in [-0.25, -0.2) is 0 Å². The molecule has 32 heavy (non-hydrogen) atoms. The molecule has 0 aromatic heterocycles. The molecular formula is C30H44N2. The van der Waals surface area contributed by atoms with Gasteiger partial charge in [0.25, 0.3) is 0 Å². The normalized spacial score (nSPS) is 13.2. The second-order valence-corrected chi connectivity index (χ2v) is 10.6. The van der Waals surface area contributed by atoms with Crippen LogP contribution < -0.4 is 0 Å². The summed E-state index contributed by atoms with van der Waals surface area (Å²) >= 11 is 0. The first-order valence-corrected chi connectivity index (χ1v) is 12.2. The lowest BCUT2D eigenvalue weighted by Crippen LogP contribution is -2.08. The minimum absolute atomic E-state index is 0.424. The smallest absolute Gasteiger partial charge is 0.0702 e. The van der Waals surface area contributed by atoms with E-state index in [0.717, 1.165) is 22.8 Å². The Bertz CT molecular complexity index is 876. The van der Waals surface area contributed by atoms with Crippen molar-refractivity contribution in [1.82, 2.24) is 0 Å². The number of hydrogen-bond acceptors (Lipinski definition) is 2. The van der Waals surface area contributed by atoms with Gasteiger partial charge < -0.3 is 0 Å². The van der Waals surface area contributed by atoms with Crippen molar-refractivity contribution in [3.8, 4) is 0 Å². The lowest BCUT2D eigenvalue weighted by molar-refractivity contribution is 0.831. The quantitative estimate of drug-likeness (QED) is 0.389. The highest BCUT2D eigenvalue weighted by Crippen LogP contribution is 2.38. The van der Waals surface area contributed by atoms with Crippen LogP contribution in [0.1, 0.15) is 126 Å². The van der Waals surface area contributed by atoms with Crippen molar-refractivity contribution in [2.75, 3.05) is 0 Å². The van der Waals surface area contributed by atoms with Crippen molar-refractivity contribution >= 4 is 22.8 Å². The standard InChI is InChI=1S/C30H44N2/c1-17(2)25-13-21(9)14-26(18(3)4)29(25)31-23(11)24(12)32-30-27(19(5)6)15-22(10)16-28(30)20(7)8/h13-20H,1-12H3. The summed E-state index contributed by atoms with van der Waals surface area (Å²) < 4.78 is 0. The number of rotatable bonds is 7. The molecule has 2 aromatic rings. The van der Waals surface area contributed by atoms with Gasteiger partial charge in [-0.3, -0.25) is 9.98 Å². The van der Waals surface area contributed by atoms with E-state index in [2.05, 4.69) is 107 Å². The zero-order valence-corrected chi connectivity index (χ0v) is 22.5. The van der Waals surface area contributed by atoms with E-state index in [1.165, 1.54) is 33.4 Å². The zero-order valence-electron chi connectivity index (χ0n) is 22.5. The molecule has 0 fully saturated rings. The number of aliphatic imine (C=N–C) groups is 2. The van der Waals surface area contributed by atoms with Crippen LogP contribution in [0.4, 0.5) is 11.4 Å². The maximum absolute atomic E-state index is 5.19. The maximum Gasteiger partial charge on any atom is 0.0702 e. The summed E-state index contributed by atoms with van der Waals surface area (Å²) in [4.78, 5) is 10.4. The fourth-order valence-electron chi connectivity index (χ4n) is 4.19. The first kappa shape index (κ1) is 26.0. The fourth-order valence-corrected chi connectivity index (χ4v) is 4.19. The first-order chi connectivity index (χ1) is 14.8. The van der Waals surface area contributed by atoms with Crippen molar-refractivity contribution in [1.29, 1.82) is 0 Å². The molecule has 0 aliphatic rings. The minimum Gasteiger partial charge on any atom is -0.251 e. The monoisotopic (exact) mass is 432 g/mol. The maximum atomic E-state index is 5.19. The second-order valence-electron chi connectivity index (χ2n) is 10.6. The van der Waals surface area contributed by atoms with Crippen LogP contribution in [0.2, 0.25) is 0 Å². The van der Waals surface area contributed by atoms with E-state index >= 15 is 0 Å². The molecule has 0 spiro atoms. The summed E-state index contributed by atoms with van der Waals surface area (Å²) in [5, 5.41) is 0. The molecule has 0 atom stereocenters. The number of aryl methyl sites for hydroxylation is 2. The van der Waals surface area contributed by atoms with Gasteiger partial charge in [-0.05, 0) is 73.6 Å². The topological polar surface area (TPSA) is 24.7 Å². The third-order valence-electron chi connectivity index (χ3n) is 6.20. The Kier molecular flexibility index (Phi) is 8.62. The minimum atomic E-state index is 0.424. The third kappa shape index (κ3) is 5.97. The van der Waals surface area contributed by atoms with Crippen molar-refractivity contribution < 1.29 is 0 Å². The first-order valence-electron chi connectivity index (χ1n) is 12.2. The molecule has 0 amide bonds. The highest BCUT2D eigenvalue weighted by Gasteiger charge is 2.17. The van der Waals surface area contributed by atoms with E-state index in [1.54, 1.807) is 0 Å². The molecule has 2 aromatic carbocycles. The van der Waals surface area contributed by atoms with E-state index in [-0.39, 0.29) is 0 Å². The van der Waals surface area contributed by atoms with Gasteiger partial charge in [0.15, 0.2) is 0 Å². The molecule has 0 aliphatic heterocycles. The van der Waals surface area contributed by atoms with E-state index < -0.39 is 0 Å². The van der Waals surface area contributed by atoms with Gasteiger partial charge in [0.2, 0.25) is 0 Å². The van der Waals surface area contributed by atoms with Crippen molar-refractivity contribution in [2.24, 2.45) is 9.98 Å². The predicted molar refractivity (Wildman–Crippen MR) is 144 cm³/mol. The average molecular weight is 433 g/mol. The van der Waals surface area contributed by atoms with Gasteiger partial charge in [0.05, 0.1) is 22.8 Å². The Morgan fingerprint density at radius 3 is 0.906 bits per heavy atom. The van der Waals surface area contributed by atoms with Crippen molar-refractivity contribution in [3.05, 3.63) is 57.6 Å². The number of benzene rings is 2. The molecule has 0 aliphatic carbocycles. The largest absolute Gasteiger partial charge is 0.251 e. The summed E-state index contributed by atoms with van der Waals surface area (Å²) in [5.74, 6) is 1.70. The summed E-state index contributed by atoms with van der Waals surface area (Å²) in [5.41, 5.74) is 12.1. The van der Waals surface area contributed by atoms with Crippen LogP contribution in [0.15, 0.2) is 34.3 Å². The van der Waals surface area contributed by atoms with Gasteiger partial charge in [-0.1, -0.05) is 90.8 Å². The predicted octanol–water partition coefficient (Wildman–Crippen LogP) is 9.68. The molecular weight excluding hydrogens is 388 g/mol. The molecule has 2 rings (SSSR count). The molecule has 0 N–H and O–H groups in total. The Morgan fingerprint density at radius 2 is 0.719 bits per heavy atom. The highest BCUT2D eigenvalue weighted by atomic mass is 14.8. The molecule has 0 bridgehead atoms. The average Bonchev–Trinajstić information content (AvgIpc) is 2.68. The van der Waals surface area contributed by atoms with Crippen LogP contribution in [-0.2, 0) is 0 Å². The molecule has 2 heteroatoms. The molecule has 0 unspecified atom stereocenters. The Labute approximate surface area is 197 Å². The molecule has 0 radical (unpaired) electrons. The Hall–Kier alpha value is -2.22. The van der Waals surface area contributed by atoms with Crippen LogP contribution in [0, 0.1) is 13.8 Å². The Morgan fingerprint density at radius 1 is 0.500 bits per heavy atom. The van der Waals surface area contributed by atoms with E-state index in [1.807, 2.05) is 0 Å². The van der Waals surface area contributed by atoms with Crippen LogP contribution in [0.3, 0.4) is 0 Å². The lowest BCUT2D eigenvalue weighted by atomic mass is 9.90. The van der Waals surface area contributed by atoms with Crippen LogP contribution in [0.5, 0.6) is 0 Å². The molecule has 0 saturated heterocycles. The van der Waals surface area contributed by atoms with E-state index in [4.69, 9.17) is 9.98 Å². The van der Waals surface area contributed by atoms with Crippen LogP contribution in [0.25, 0.3) is 0 Å². The van der Waals surface area contributed by atoms with Gasteiger partial charge in [0.1, 0.15) is 0 Å². The summed E-state index contributed by atoms with van der Waals surface area (Å²) in [6, 6.07) is 9.18. The van der Waals surface area contributed by atoms with Crippen LogP contribution in [-0.4, -0.2) is 11.4 Å². The molecule has 174 valence electrons. The van der Waals surface area contributed by atoms with Gasteiger partial charge in [0, 0.05) is 0 Å². The van der Waals surface area contributed by atoms with E-state index in [0.29, 0.717) is 23.7 Å². The SMILES string of the molecule is CC(=Nc1c(C(C)C)cc(C)cc1C(C)C)C(C)=Nc1c(C(C)C)cc(C)cc1C(C)C. The van der Waals surface area contributed by atoms with Crippen molar-refractivity contribution in [2.45, 2.75) is 107 Å². The number of hydrogen-bond donors (Lipinski definition) is 0. The van der Waals surface area contributed by atoms with Gasteiger partial charge >= 0.3 is 0 Å². The fraction of sp³-hybridized carbons (Fsp3) is 0.533. The summed E-state index contributed by atoms with van der Waals surface area (Å²) in [6.45, 7) is 26.6. The molecule has 0 heterocycles. The molecule has 0 saturated carbocycles. The third-order valence-corrected chi connectivity index (χ3v) is 6.20. The molecule has 2 nitrogen and oxygen atoms in total. The van der Waals surface area contributed by atoms with Gasteiger partial charge in [-0.2, -0.15) is 0 Å². The van der Waals surface area contributed by atoms with E-state index in [9.17, 15) is 0 Å². The van der Waals surface area contributed by atoms with Crippen molar-refractivity contribution in [3.63, 3.8) is 0 Å². The highest BCUT2D eigenvalue weighted by molar-refractivity contribution is 6.41. The zero-order chi connectivity index (χ0) is 24.3. The van der Waals surface area contributed by atoms with Gasteiger partial charge in [-0.15, -0.1) is 0 Å². The lowest BCUT2D eigenvalue weighted by Gasteiger charge is -2.20. The number of nitrogens with zero attached hydrogens (tertiary/aromatic N) is 2. The second kappa shape index (κ2) is 10.6. The van der Waals surface area contributed by atoms with Crippen LogP contribution >= 0.6 is 0 Å².